The second-order valence-electron chi connectivity index (χ2n) is 4.22. The lowest BCUT2D eigenvalue weighted by Crippen LogP contribution is -2.32. The van der Waals surface area contributed by atoms with Crippen molar-refractivity contribution >= 4 is 23.1 Å². The van der Waals surface area contributed by atoms with E-state index in [1.165, 1.54) is 10.6 Å². The van der Waals surface area contributed by atoms with Crippen LogP contribution < -0.4 is 21.3 Å². The van der Waals surface area contributed by atoms with Crippen LogP contribution in [-0.2, 0) is 16.1 Å². The Morgan fingerprint density at radius 3 is 2.95 bits per heavy atom. The Morgan fingerprint density at radius 1 is 1.52 bits per heavy atom. The summed E-state index contributed by atoms with van der Waals surface area (Å²) in [6.07, 6.45) is 2.04. The second kappa shape index (κ2) is 9.09. The molecule has 1 aromatic heterocycles. The van der Waals surface area contributed by atoms with Crippen molar-refractivity contribution in [2.24, 2.45) is 5.73 Å². The lowest BCUT2D eigenvalue weighted by molar-refractivity contribution is -0.123. The van der Waals surface area contributed by atoms with Crippen LogP contribution in [0.5, 0.6) is 5.75 Å². The van der Waals surface area contributed by atoms with Gasteiger partial charge in [0, 0.05) is 32.8 Å². The van der Waals surface area contributed by atoms with E-state index in [1.807, 2.05) is 0 Å². The molecule has 3 N–H and O–H groups in total. The van der Waals surface area contributed by atoms with E-state index in [9.17, 15) is 9.59 Å². The number of thiocarbonyl (C=S) groups is 1. The zero-order chi connectivity index (χ0) is 15.7. The third-order valence-electron chi connectivity index (χ3n) is 2.57. The normalized spacial score (nSPS) is 10.1. The fraction of sp³-hybridized carbons (Fsp3) is 0.462. The van der Waals surface area contributed by atoms with Crippen LogP contribution in [-0.4, -0.2) is 42.3 Å². The van der Waals surface area contributed by atoms with Crippen LogP contribution in [0.1, 0.15) is 6.42 Å². The minimum atomic E-state index is -0.321. The topological polar surface area (TPSA) is 95.6 Å². The molecule has 116 valence electrons. The second-order valence-corrected chi connectivity index (χ2v) is 4.74. The molecule has 1 heterocycles. The standard InChI is InChI=1S/C13H19N3O4S/c1-19-8-5-15-12(17)9-20-10-3-2-6-16(13(10)18)7-4-11(14)21/h2-3,6H,4-5,7-9H2,1H3,(H2,14,21)(H,15,17). The van der Waals surface area contributed by atoms with Crippen LogP contribution in [0, 0.1) is 0 Å². The highest BCUT2D eigenvalue weighted by Gasteiger charge is 2.07. The van der Waals surface area contributed by atoms with Gasteiger partial charge in [-0.3, -0.25) is 9.59 Å². The molecule has 0 aliphatic rings. The summed E-state index contributed by atoms with van der Waals surface area (Å²) in [6.45, 7) is 0.970. The summed E-state index contributed by atoms with van der Waals surface area (Å²) < 4.78 is 11.5. The summed E-state index contributed by atoms with van der Waals surface area (Å²) in [5, 5.41) is 2.60. The molecule has 0 saturated carbocycles. The summed E-state index contributed by atoms with van der Waals surface area (Å²) in [7, 11) is 1.54. The maximum absolute atomic E-state index is 12.1. The number of pyridine rings is 1. The fourth-order valence-electron chi connectivity index (χ4n) is 1.52. The van der Waals surface area contributed by atoms with E-state index in [2.05, 4.69) is 5.32 Å². The molecule has 0 atom stereocenters. The molecule has 21 heavy (non-hydrogen) atoms. The van der Waals surface area contributed by atoms with Crippen LogP contribution in [0.25, 0.3) is 0 Å². The van der Waals surface area contributed by atoms with Gasteiger partial charge >= 0.3 is 0 Å². The van der Waals surface area contributed by atoms with E-state index >= 15 is 0 Å². The highest BCUT2D eigenvalue weighted by atomic mass is 32.1. The van der Waals surface area contributed by atoms with Crippen molar-refractivity contribution in [1.82, 2.24) is 9.88 Å². The summed E-state index contributed by atoms with van der Waals surface area (Å²) in [6, 6.07) is 3.18. The molecule has 7 nitrogen and oxygen atoms in total. The van der Waals surface area contributed by atoms with Crippen molar-refractivity contribution in [3.05, 3.63) is 28.7 Å². The van der Waals surface area contributed by atoms with E-state index in [-0.39, 0.29) is 23.8 Å². The van der Waals surface area contributed by atoms with E-state index in [1.54, 1.807) is 19.4 Å². The number of carbonyl (C=O) groups is 1. The SMILES string of the molecule is COCCNC(=O)COc1cccn(CCC(N)=S)c1=O. The lowest BCUT2D eigenvalue weighted by atomic mass is 10.4. The molecule has 0 aliphatic carbocycles. The molecular weight excluding hydrogens is 294 g/mol. The van der Waals surface area contributed by atoms with Crippen molar-refractivity contribution < 1.29 is 14.3 Å². The van der Waals surface area contributed by atoms with Crippen LogP contribution in [0.3, 0.4) is 0 Å². The first-order chi connectivity index (χ1) is 10.0. The Bertz CT molecular complexity index is 544. The van der Waals surface area contributed by atoms with Gasteiger partial charge in [-0.1, -0.05) is 12.2 Å². The largest absolute Gasteiger partial charge is 0.478 e. The predicted octanol–water partition coefficient (Wildman–Crippen LogP) is -0.334. The Labute approximate surface area is 128 Å². The van der Waals surface area contributed by atoms with Gasteiger partial charge in [-0.05, 0) is 12.1 Å². The highest BCUT2D eigenvalue weighted by Crippen LogP contribution is 2.02. The molecule has 0 aromatic carbocycles. The average molecular weight is 313 g/mol. The van der Waals surface area contributed by atoms with Crippen LogP contribution in [0.2, 0.25) is 0 Å². The van der Waals surface area contributed by atoms with Gasteiger partial charge < -0.3 is 25.1 Å². The number of nitrogens with two attached hydrogens (primary N) is 1. The smallest absolute Gasteiger partial charge is 0.292 e. The Morgan fingerprint density at radius 2 is 2.29 bits per heavy atom. The molecule has 0 spiro atoms. The first kappa shape index (κ1) is 17.1. The third kappa shape index (κ3) is 6.37. The number of aromatic nitrogens is 1. The lowest BCUT2D eigenvalue weighted by Gasteiger charge is -2.09. The van der Waals surface area contributed by atoms with E-state index < -0.39 is 0 Å². The van der Waals surface area contributed by atoms with Crippen molar-refractivity contribution in [1.29, 1.82) is 0 Å². The minimum absolute atomic E-state index is 0.113. The molecule has 0 aliphatic heterocycles. The van der Waals surface area contributed by atoms with Crippen LogP contribution in [0.15, 0.2) is 23.1 Å². The Hall–Kier alpha value is -1.93. The van der Waals surface area contributed by atoms with Crippen LogP contribution >= 0.6 is 12.2 Å². The number of rotatable bonds is 9. The number of aryl methyl sites for hydroxylation is 1. The van der Waals surface area contributed by atoms with Gasteiger partial charge in [0.2, 0.25) is 0 Å². The summed E-state index contributed by atoms with van der Waals surface area (Å²) >= 11 is 4.77. The monoisotopic (exact) mass is 313 g/mol. The number of nitrogens with zero attached hydrogens (tertiary/aromatic N) is 1. The minimum Gasteiger partial charge on any atom is -0.478 e. The predicted molar refractivity (Wildman–Crippen MR) is 82.5 cm³/mol. The zero-order valence-corrected chi connectivity index (χ0v) is 12.6. The molecule has 0 unspecified atom stereocenters. The fourth-order valence-corrected chi connectivity index (χ4v) is 1.61. The average Bonchev–Trinajstić information content (AvgIpc) is 2.45. The van der Waals surface area contributed by atoms with Gasteiger partial charge in [-0.15, -0.1) is 0 Å². The van der Waals surface area contributed by atoms with Gasteiger partial charge in [0.1, 0.15) is 0 Å². The van der Waals surface area contributed by atoms with Crippen molar-refractivity contribution in [2.75, 3.05) is 26.9 Å². The number of amides is 1. The zero-order valence-electron chi connectivity index (χ0n) is 11.8. The van der Waals surface area contributed by atoms with E-state index in [0.717, 1.165) is 0 Å². The van der Waals surface area contributed by atoms with Gasteiger partial charge in [-0.25, -0.2) is 0 Å². The Balaban J connectivity index is 2.55. The Kier molecular flexibility index (Phi) is 7.41. The third-order valence-corrected chi connectivity index (χ3v) is 2.78. The maximum Gasteiger partial charge on any atom is 0.292 e. The van der Waals surface area contributed by atoms with Crippen molar-refractivity contribution in [3.8, 4) is 5.75 Å². The van der Waals surface area contributed by atoms with Gasteiger partial charge in [0.15, 0.2) is 12.4 Å². The van der Waals surface area contributed by atoms with Gasteiger partial charge in [-0.2, -0.15) is 0 Å². The number of carbonyl (C=O) groups excluding carboxylic acids is 1. The number of nitrogens with one attached hydrogen (secondary N) is 1. The van der Waals surface area contributed by atoms with Crippen molar-refractivity contribution in [3.63, 3.8) is 0 Å². The number of hydrogen-bond acceptors (Lipinski definition) is 5. The first-order valence-electron chi connectivity index (χ1n) is 6.40. The molecule has 1 aromatic rings. The quantitative estimate of drug-likeness (QED) is 0.479. The molecule has 0 bridgehead atoms. The maximum atomic E-state index is 12.1. The molecule has 0 radical (unpaired) electrons. The van der Waals surface area contributed by atoms with Crippen LogP contribution in [0.4, 0.5) is 0 Å². The molecule has 1 rings (SSSR count). The van der Waals surface area contributed by atoms with E-state index in [4.69, 9.17) is 27.4 Å². The molecular formula is C13H19N3O4S. The number of hydrogen-bond donors (Lipinski definition) is 2. The number of ether oxygens (including phenoxy) is 2. The summed E-state index contributed by atoms with van der Waals surface area (Å²) in [4.78, 5) is 23.9. The molecule has 0 saturated heterocycles. The van der Waals surface area contributed by atoms with Crippen molar-refractivity contribution in [2.45, 2.75) is 13.0 Å². The molecule has 1 amide bonds. The first-order valence-corrected chi connectivity index (χ1v) is 6.81. The van der Waals surface area contributed by atoms with Gasteiger partial charge in [0.05, 0.1) is 11.6 Å². The molecule has 8 heteroatoms. The summed E-state index contributed by atoms with van der Waals surface area (Å²) in [5.41, 5.74) is 5.09. The molecule has 0 fully saturated rings. The summed E-state index contributed by atoms with van der Waals surface area (Å²) in [5.74, 6) is -0.202. The highest BCUT2D eigenvalue weighted by molar-refractivity contribution is 7.80. The van der Waals surface area contributed by atoms with E-state index in [0.29, 0.717) is 31.1 Å². The number of methoxy groups -OCH3 is 1. The van der Waals surface area contributed by atoms with Gasteiger partial charge in [0.25, 0.3) is 11.5 Å².